The van der Waals surface area contributed by atoms with Crippen LogP contribution in [0.25, 0.3) is 0 Å². The molecule has 1 amide bonds. The number of hydrogen-bond donors (Lipinski definition) is 1. The van der Waals surface area contributed by atoms with Crippen molar-refractivity contribution in [3.63, 3.8) is 0 Å². The van der Waals surface area contributed by atoms with Gasteiger partial charge in [0.05, 0.1) is 17.7 Å². The van der Waals surface area contributed by atoms with E-state index >= 15 is 0 Å². The van der Waals surface area contributed by atoms with Gasteiger partial charge >= 0.3 is 12.4 Å². The molecule has 0 radical (unpaired) electrons. The summed E-state index contributed by atoms with van der Waals surface area (Å²) in [6.45, 7) is 5.77. The number of rotatable bonds is 7. The van der Waals surface area contributed by atoms with Gasteiger partial charge in [-0.05, 0) is 69.0 Å². The summed E-state index contributed by atoms with van der Waals surface area (Å²) in [4.78, 5) is 27.3. The predicted octanol–water partition coefficient (Wildman–Crippen LogP) is 6.26. The van der Waals surface area contributed by atoms with Gasteiger partial charge in [-0.3, -0.25) is 9.59 Å². The van der Waals surface area contributed by atoms with Crippen molar-refractivity contribution in [1.29, 1.82) is 0 Å². The second-order valence-electron chi connectivity index (χ2n) is 9.98. The Kier molecular flexibility index (Phi) is 8.48. The maximum absolute atomic E-state index is 13.1. The quantitative estimate of drug-likeness (QED) is 0.242. The lowest BCUT2D eigenvalue weighted by molar-refractivity contribution is -0.143. The van der Waals surface area contributed by atoms with Crippen molar-refractivity contribution in [3.05, 3.63) is 70.0 Å². The Morgan fingerprint density at radius 2 is 1.65 bits per heavy atom. The smallest absolute Gasteiger partial charge is 0.416 e. The second-order valence-corrected chi connectivity index (χ2v) is 9.98. The minimum atomic E-state index is -5.02. The third-order valence-corrected chi connectivity index (χ3v) is 6.74. The summed E-state index contributed by atoms with van der Waals surface area (Å²) < 4.78 is 90.2. The third kappa shape index (κ3) is 6.78. The summed E-state index contributed by atoms with van der Waals surface area (Å²) >= 11 is 0. The zero-order valence-electron chi connectivity index (χ0n) is 21.8. The highest BCUT2D eigenvalue weighted by Gasteiger charge is 2.38. The van der Waals surface area contributed by atoms with Crippen molar-refractivity contribution in [2.75, 3.05) is 26.2 Å². The lowest BCUT2D eigenvalue weighted by Gasteiger charge is -2.32. The number of nitrogens with one attached hydrogen (secondary N) is 1. The van der Waals surface area contributed by atoms with Crippen LogP contribution in [-0.2, 0) is 12.4 Å². The van der Waals surface area contributed by atoms with E-state index in [0.29, 0.717) is 80.5 Å². The number of ketones is 1. The van der Waals surface area contributed by atoms with Crippen LogP contribution >= 0.6 is 0 Å². The van der Waals surface area contributed by atoms with Gasteiger partial charge in [-0.15, -0.1) is 0 Å². The number of likely N-dealkylation sites (tertiary alicyclic amines) is 1. The normalized spacial score (nSPS) is 16.5. The average Bonchev–Trinajstić information content (AvgIpc) is 3.23. The number of amides is 1. The van der Waals surface area contributed by atoms with Crippen molar-refractivity contribution in [2.45, 2.75) is 51.5 Å². The van der Waals surface area contributed by atoms with Crippen LogP contribution in [-0.4, -0.2) is 48.9 Å². The predicted molar refractivity (Wildman–Crippen MR) is 133 cm³/mol. The van der Waals surface area contributed by atoms with Crippen LogP contribution < -0.4 is 14.8 Å². The number of halogens is 6. The van der Waals surface area contributed by atoms with Crippen molar-refractivity contribution in [1.82, 2.24) is 10.2 Å². The van der Waals surface area contributed by atoms with Crippen LogP contribution in [0.3, 0.4) is 0 Å². The van der Waals surface area contributed by atoms with E-state index in [0.717, 1.165) is 5.57 Å². The van der Waals surface area contributed by atoms with Crippen molar-refractivity contribution >= 4 is 11.7 Å². The van der Waals surface area contributed by atoms with Gasteiger partial charge in [0.1, 0.15) is 17.1 Å². The molecule has 1 fully saturated rings. The second kappa shape index (κ2) is 11.5. The first kappa shape index (κ1) is 29.4. The molecule has 40 heavy (non-hydrogen) atoms. The Hall–Kier alpha value is -3.54. The molecule has 0 atom stereocenters. The average molecular weight is 571 g/mol. The Balaban J connectivity index is 1.26. The summed E-state index contributed by atoms with van der Waals surface area (Å²) in [5, 5.41) is 2.57. The molecule has 2 aromatic rings. The monoisotopic (exact) mass is 570 g/mol. The maximum Gasteiger partial charge on any atom is 0.416 e. The largest absolute Gasteiger partial charge is 0.493 e. The summed E-state index contributed by atoms with van der Waals surface area (Å²) in [6, 6.07) is 5.65. The van der Waals surface area contributed by atoms with E-state index in [1.807, 2.05) is 0 Å². The Morgan fingerprint density at radius 1 is 1.02 bits per heavy atom. The zero-order chi connectivity index (χ0) is 29.2. The van der Waals surface area contributed by atoms with E-state index in [1.54, 1.807) is 32.0 Å². The van der Waals surface area contributed by atoms with E-state index in [4.69, 9.17) is 9.47 Å². The van der Waals surface area contributed by atoms with Crippen LogP contribution in [0.1, 0.15) is 65.0 Å². The first-order chi connectivity index (χ1) is 18.7. The number of benzene rings is 2. The molecule has 0 saturated carbocycles. The Morgan fingerprint density at radius 3 is 2.23 bits per heavy atom. The SMILES string of the molecule is CC(C)=C1Oc2cccc(OCCCN3CCC(NC(=O)c4cc(C(F)(F)F)cc(C(F)(F)F)c4)CC3)c2C1=O. The van der Waals surface area contributed by atoms with Gasteiger partial charge in [-0.2, -0.15) is 26.3 Å². The number of piperidine rings is 1. The molecule has 0 bridgehead atoms. The number of alkyl halides is 6. The molecular formula is C28H28F6N2O4. The lowest BCUT2D eigenvalue weighted by atomic mass is 10.0. The highest BCUT2D eigenvalue weighted by atomic mass is 19.4. The molecule has 6 nitrogen and oxygen atoms in total. The van der Waals surface area contributed by atoms with E-state index in [2.05, 4.69) is 10.2 Å². The number of Topliss-reactive ketones (excluding diaryl/α,β-unsaturated/α-hetero) is 1. The summed E-state index contributed by atoms with van der Waals surface area (Å²) in [6.07, 6.45) is -8.43. The number of carbonyl (C=O) groups excluding carboxylic acids is 2. The molecule has 0 aromatic heterocycles. The number of hydrogen-bond acceptors (Lipinski definition) is 5. The number of carbonyl (C=O) groups is 2. The standard InChI is InChI=1S/C28H28F6N2O4/c1-16(2)25-24(37)23-21(5-3-6-22(23)40-25)39-12-4-9-36-10-7-20(8-11-36)35-26(38)17-13-18(27(29,30)31)15-19(14-17)28(32,33)34/h3,5-6,13-15,20H,4,7-12H2,1-2H3,(H,35,38). The topological polar surface area (TPSA) is 67.9 Å². The molecule has 0 spiro atoms. The summed E-state index contributed by atoms with van der Waals surface area (Å²) in [5.41, 5.74) is -2.57. The van der Waals surface area contributed by atoms with Gasteiger partial charge in [-0.1, -0.05) is 6.07 Å². The van der Waals surface area contributed by atoms with Crippen LogP contribution in [0.4, 0.5) is 26.3 Å². The number of nitrogens with zero attached hydrogens (tertiary/aromatic N) is 1. The van der Waals surface area contributed by atoms with Crippen molar-refractivity contribution < 1.29 is 45.4 Å². The minimum Gasteiger partial charge on any atom is -0.493 e. The molecular weight excluding hydrogens is 542 g/mol. The fourth-order valence-corrected chi connectivity index (χ4v) is 4.67. The number of fused-ring (bicyclic) bond motifs is 1. The number of ether oxygens (including phenoxy) is 2. The summed E-state index contributed by atoms with van der Waals surface area (Å²) in [7, 11) is 0. The van der Waals surface area contributed by atoms with E-state index in [9.17, 15) is 35.9 Å². The molecule has 0 aliphatic carbocycles. The highest BCUT2D eigenvalue weighted by Crippen LogP contribution is 2.39. The molecule has 216 valence electrons. The van der Waals surface area contributed by atoms with Crippen LogP contribution in [0.2, 0.25) is 0 Å². The van der Waals surface area contributed by atoms with E-state index in [1.165, 1.54) is 0 Å². The first-order valence-corrected chi connectivity index (χ1v) is 12.7. The maximum atomic E-state index is 13.1. The van der Waals surface area contributed by atoms with Gasteiger partial charge in [-0.25, -0.2) is 0 Å². The molecule has 1 N–H and O–H groups in total. The van der Waals surface area contributed by atoms with Crippen LogP contribution in [0.5, 0.6) is 11.5 Å². The van der Waals surface area contributed by atoms with Gasteiger partial charge in [0.25, 0.3) is 5.91 Å². The summed E-state index contributed by atoms with van der Waals surface area (Å²) in [5.74, 6) is 0.0176. The van der Waals surface area contributed by atoms with Gasteiger partial charge in [0.15, 0.2) is 5.76 Å². The molecule has 4 rings (SSSR count). The van der Waals surface area contributed by atoms with Crippen molar-refractivity contribution in [3.8, 4) is 11.5 Å². The zero-order valence-corrected chi connectivity index (χ0v) is 21.8. The molecule has 2 aromatic carbocycles. The molecule has 2 heterocycles. The molecule has 2 aliphatic heterocycles. The third-order valence-electron chi connectivity index (χ3n) is 6.74. The Labute approximate surface area is 226 Å². The highest BCUT2D eigenvalue weighted by molar-refractivity contribution is 6.14. The van der Waals surface area contributed by atoms with Crippen LogP contribution in [0, 0.1) is 0 Å². The van der Waals surface area contributed by atoms with E-state index < -0.39 is 35.0 Å². The van der Waals surface area contributed by atoms with E-state index in [-0.39, 0.29) is 17.9 Å². The Bertz CT molecular complexity index is 1270. The number of allylic oxidation sites excluding steroid dienone is 2. The molecule has 2 aliphatic rings. The molecule has 0 unspecified atom stereocenters. The first-order valence-electron chi connectivity index (χ1n) is 12.7. The fourth-order valence-electron chi connectivity index (χ4n) is 4.67. The fraction of sp³-hybridized carbons (Fsp3) is 0.429. The molecule has 1 saturated heterocycles. The minimum absolute atomic E-state index is 0.00381. The lowest BCUT2D eigenvalue weighted by Crippen LogP contribution is -2.45. The van der Waals surface area contributed by atoms with Gasteiger partial charge < -0.3 is 19.7 Å². The van der Waals surface area contributed by atoms with Crippen LogP contribution in [0.15, 0.2) is 47.7 Å². The van der Waals surface area contributed by atoms with Crippen molar-refractivity contribution in [2.24, 2.45) is 0 Å². The molecule has 12 heteroatoms. The van der Waals surface area contributed by atoms with Gasteiger partial charge in [0.2, 0.25) is 5.78 Å². The van der Waals surface area contributed by atoms with Gasteiger partial charge in [0, 0.05) is 31.2 Å².